The fourth-order valence-corrected chi connectivity index (χ4v) is 2.83. The van der Waals surface area contributed by atoms with E-state index in [2.05, 4.69) is 5.32 Å². The molecular weight excluding hydrogens is 258 g/mol. The van der Waals surface area contributed by atoms with E-state index in [0.717, 1.165) is 45.3 Å². The summed E-state index contributed by atoms with van der Waals surface area (Å²) in [7, 11) is 0. The lowest BCUT2D eigenvalue weighted by Gasteiger charge is -2.30. The molecule has 0 aromatic rings. The SMILES string of the molecule is CC(C)(C)OC(=O)N[C@H]1CC[C@H](CC2OCCO2)CC1. The number of amides is 1. The van der Waals surface area contributed by atoms with Crippen molar-refractivity contribution in [2.75, 3.05) is 13.2 Å². The van der Waals surface area contributed by atoms with Gasteiger partial charge in [-0.3, -0.25) is 0 Å². The third-order valence-electron chi connectivity index (χ3n) is 3.78. The van der Waals surface area contributed by atoms with Crippen molar-refractivity contribution in [1.82, 2.24) is 5.32 Å². The Morgan fingerprint density at radius 3 is 2.30 bits per heavy atom. The quantitative estimate of drug-likeness (QED) is 0.866. The fourth-order valence-electron chi connectivity index (χ4n) is 2.83. The minimum atomic E-state index is -0.432. The summed E-state index contributed by atoms with van der Waals surface area (Å²) in [6.45, 7) is 7.08. The maximum Gasteiger partial charge on any atom is 0.407 e. The van der Waals surface area contributed by atoms with E-state index < -0.39 is 5.60 Å². The maximum absolute atomic E-state index is 11.7. The van der Waals surface area contributed by atoms with E-state index in [4.69, 9.17) is 14.2 Å². The maximum atomic E-state index is 11.7. The first-order chi connectivity index (χ1) is 9.42. The summed E-state index contributed by atoms with van der Waals surface area (Å²) >= 11 is 0. The number of nitrogens with one attached hydrogen (secondary N) is 1. The van der Waals surface area contributed by atoms with Crippen molar-refractivity contribution < 1.29 is 19.0 Å². The average molecular weight is 285 g/mol. The van der Waals surface area contributed by atoms with E-state index in [9.17, 15) is 4.79 Å². The van der Waals surface area contributed by atoms with Crippen molar-refractivity contribution >= 4 is 6.09 Å². The van der Waals surface area contributed by atoms with Crippen molar-refractivity contribution in [3.63, 3.8) is 0 Å². The van der Waals surface area contributed by atoms with Gasteiger partial charge in [0.25, 0.3) is 0 Å². The van der Waals surface area contributed by atoms with Gasteiger partial charge in [-0.25, -0.2) is 4.79 Å². The van der Waals surface area contributed by atoms with Crippen LogP contribution < -0.4 is 5.32 Å². The van der Waals surface area contributed by atoms with Crippen LogP contribution in [0, 0.1) is 5.92 Å². The molecule has 1 N–H and O–H groups in total. The summed E-state index contributed by atoms with van der Waals surface area (Å²) < 4.78 is 16.3. The topological polar surface area (TPSA) is 56.8 Å². The monoisotopic (exact) mass is 285 g/mol. The molecule has 2 rings (SSSR count). The molecule has 1 amide bonds. The summed E-state index contributed by atoms with van der Waals surface area (Å²) in [5.74, 6) is 0.648. The fraction of sp³-hybridized carbons (Fsp3) is 0.933. The molecule has 0 spiro atoms. The number of ether oxygens (including phenoxy) is 3. The highest BCUT2D eigenvalue weighted by Gasteiger charge is 2.27. The molecule has 2 fully saturated rings. The number of carbonyl (C=O) groups excluding carboxylic acids is 1. The van der Waals surface area contributed by atoms with Crippen molar-refractivity contribution in [3.05, 3.63) is 0 Å². The molecule has 0 radical (unpaired) electrons. The number of alkyl carbamates (subject to hydrolysis) is 1. The lowest BCUT2D eigenvalue weighted by atomic mass is 9.84. The van der Waals surface area contributed by atoms with Gasteiger partial charge in [-0.05, 0) is 52.4 Å². The lowest BCUT2D eigenvalue weighted by molar-refractivity contribution is -0.0603. The van der Waals surface area contributed by atoms with E-state index >= 15 is 0 Å². The smallest absolute Gasteiger partial charge is 0.407 e. The molecule has 0 unspecified atom stereocenters. The van der Waals surface area contributed by atoms with E-state index in [1.807, 2.05) is 20.8 Å². The van der Waals surface area contributed by atoms with Gasteiger partial charge in [0, 0.05) is 12.5 Å². The highest BCUT2D eigenvalue weighted by molar-refractivity contribution is 5.68. The second kappa shape index (κ2) is 6.76. The van der Waals surface area contributed by atoms with Gasteiger partial charge in [0.1, 0.15) is 5.60 Å². The van der Waals surface area contributed by atoms with Crippen LogP contribution in [-0.2, 0) is 14.2 Å². The van der Waals surface area contributed by atoms with E-state index in [1.54, 1.807) is 0 Å². The first-order valence-corrected chi connectivity index (χ1v) is 7.65. The lowest BCUT2D eigenvalue weighted by Crippen LogP contribution is -2.41. The standard InChI is InChI=1S/C15H27NO4/c1-15(2,3)20-14(17)16-12-6-4-11(5-7-12)10-13-18-8-9-19-13/h11-13H,4-10H2,1-3H3,(H,16,17)/t11-,12-. The third kappa shape index (κ3) is 5.29. The Labute approximate surface area is 121 Å². The Kier molecular flexibility index (Phi) is 5.27. The molecule has 0 aromatic heterocycles. The Balaban J connectivity index is 1.64. The third-order valence-corrected chi connectivity index (χ3v) is 3.78. The molecule has 20 heavy (non-hydrogen) atoms. The Morgan fingerprint density at radius 2 is 1.75 bits per heavy atom. The molecule has 2 aliphatic rings. The zero-order chi connectivity index (χ0) is 14.6. The highest BCUT2D eigenvalue weighted by atomic mass is 16.7. The van der Waals surface area contributed by atoms with Crippen LogP contribution in [-0.4, -0.2) is 37.2 Å². The van der Waals surface area contributed by atoms with Gasteiger partial charge in [-0.1, -0.05) is 0 Å². The van der Waals surface area contributed by atoms with Crippen LogP contribution in [0.1, 0.15) is 52.9 Å². The predicted octanol–water partition coefficient (Wildman–Crippen LogP) is 2.83. The van der Waals surface area contributed by atoms with Crippen LogP contribution in [0.2, 0.25) is 0 Å². The van der Waals surface area contributed by atoms with E-state index in [-0.39, 0.29) is 18.4 Å². The number of carbonyl (C=O) groups is 1. The molecule has 5 nitrogen and oxygen atoms in total. The largest absolute Gasteiger partial charge is 0.444 e. The van der Waals surface area contributed by atoms with Gasteiger partial charge < -0.3 is 19.5 Å². The van der Waals surface area contributed by atoms with Crippen LogP contribution >= 0.6 is 0 Å². The van der Waals surface area contributed by atoms with Crippen LogP contribution in [0.5, 0.6) is 0 Å². The molecule has 1 aliphatic carbocycles. The molecule has 0 atom stereocenters. The van der Waals surface area contributed by atoms with Gasteiger partial charge in [-0.15, -0.1) is 0 Å². The molecule has 0 bridgehead atoms. The molecule has 0 aromatic carbocycles. The van der Waals surface area contributed by atoms with Crippen molar-refractivity contribution in [1.29, 1.82) is 0 Å². The van der Waals surface area contributed by atoms with Gasteiger partial charge in [-0.2, -0.15) is 0 Å². The predicted molar refractivity (Wildman–Crippen MR) is 75.4 cm³/mol. The summed E-state index contributed by atoms with van der Waals surface area (Å²) in [6.07, 6.45) is 4.93. The van der Waals surface area contributed by atoms with Crippen LogP contribution in [0.4, 0.5) is 4.79 Å². The Bertz CT molecular complexity index is 312. The summed E-state index contributed by atoms with van der Waals surface area (Å²) in [6, 6.07) is 0.242. The molecule has 116 valence electrons. The first kappa shape index (κ1) is 15.6. The minimum absolute atomic E-state index is 0.00429. The minimum Gasteiger partial charge on any atom is -0.444 e. The van der Waals surface area contributed by atoms with Crippen molar-refractivity contribution in [2.45, 2.75) is 70.8 Å². The summed E-state index contributed by atoms with van der Waals surface area (Å²) in [5.41, 5.74) is -0.432. The Hall–Kier alpha value is -0.810. The van der Waals surface area contributed by atoms with E-state index in [0.29, 0.717) is 5.92 Å². The first-order valence-electron chi connectivity index (χ1n) is 7.65. The molecule has 1 saturated heterocycles. The second-order valence-corrected chi connectivity index (χ2v) is 6.77. The van der Waals surface area contributed by atoms with Crippen molar-refractivity contribution in [3.8, 4) is 0 Å². The average Bonchev–Trinajstić information content (AvgIpc) is 2.82. The van der Waals surface area contributed by atoms with Gasteiger partial charge in [0.15, 0.2) is 6.29 Å². The number of hydrogen-bond donors (Lipinski definition) is 1. The molecule has 5 heteroatoms. The number of rotatable bonds is 3. The molecular formula is C15H27NO4. The summed E-state index contributed by atoms with van der Waals surface area (Å²) in [5, 5.41) is 2.97. The van der Waals surface area contributed by atoms with Crippen LogP contribution in [0.25, 0.3) is 0 Å². The second-order valence-electron chi connectivity index (χ2n) is 6.77. The summed E-state index contributed by atoms with van der Waals surface area (Å²) in [4.78, 5) is 11.7. The van der Waals surface area contributed by atoms with Crippen molar-refractivity contribution in [2.24, 2.45) is 5.92 Å². The van der Waals surface area contributed by atoms with E-state index in [1.165, 1.54) is 0 Å². The van der Waals surface area contributed by atoms with Gasteiger partial charge >= 0.3 is 6.09 Å². The molecule has 1 aliphatic heterocycles. The molecule has 1 heterocycles. The Morgan fingerprint density at radius 1 is 1.15 bits per heavy atom. The zero-order valence-electron chi connectivity index (χ0n) is 12.8. The highest BCUT2D eigenvalue weighted by Crippen LogP contribution is 2.29. The number of hydrogen-bond acceptors (Lipinski definition) is 4. The van der Waals surface area contributed by atoms with Gasteiger partial charge in [0.2, 0.25) is 0 Å². The van der Waals surface area contributed by atoms with Gasteiger partial charge in [0.05, 0.1) is 13.2 Å². The molecule has 1 saturated carbocycles. The van der Waals surface area contributed by atoms with Crippen LogP contribution in [0.15, 0.2) is 0 Å². The normalized spacial score (nSPS) is 28.4. The zero-order valence-corrected chi connectivity index (χ0v) is 12.8. The van der Waals surface area contributed by atoms with Crippen LogP contribution in [0.3, 0.4) is 0 Å².